The number of anilines is 2. The Morgan fingerprint density at radius 2 is 1.21 bits per heavy atom. The van der Waals surface area contributed by atoms with Crippen LogP contribution in [0, 0.1) is 0 Å². The molecular formula is C54H68BClIN7O12S2. The van der Waals surface area contributed by atoms with E-state index in [-0.39, 0.29) is 35.7 Å². The minimum absolute atomic E-state index is 0.0269. The number of nitrogens with one attached hydrogen (secondary N) is 1. The molecule has 5 aromatic rings. The molecule has 0 bridgehead atoms. The molecule has 0 saturated carbocycles. The van der Waals surface area contributed by atoms with Crippen LogP contribution in [0.5, 0.6) is 11.5 Å². The molecular weight excluding hydrogens is 1180 g/mol. The first-order valence-electron chi connectivity index (χ1n) is 26.4. The summed E-state index contributed by atoms with van der Waals surface area (Å²) in [5.74, 6) is 2.61. The van der Waals surface area contributed by atoms with E-state index in [9.17, 15) is 16.8 Å². The highest BCUT2D eigenvalue weighted by Crippen LogP contribution is 2.50. The van der Waals surface area contributed by atoms with Crippen molar-refractivity contribution in [1.82, 2.24) is 24.9 Å². The molecule has 1 aliphatic carbocycles. The fourth-order valence-electron chi connectivity index (χ4n) is 11.5. The van der Waals surface area contributed by atoms with Gasteiger partial charge in [0.25, 0.3) is 0 Å². The van der Waals surface area contributed by atoms with Gasteiger partial charge >= 0.3 is 7.12 Å². The molecule has 8 aliphatic rings. The Balaban J connectivity index is 0.000000136. The van der Waals surface area contributed by atoms with Crippen molar-refractivity contribution < 1.29 is 54.6 Å². The predicted molar refractivity (Wildman–Crippen MR) is 309 cm³/mol. The topological polar surface area (TPSA) is 216 Å². The Labute approximate surface area is 475 Å². The minimum atomic E-state index is -3.53. The number of fused-ring (bicyclic) bond motifs is 8. The van der Waals surface area contributed by atoms with E-state index in [4.69, 9.17) is 59.3 Å². The maximum Gasteiger partial charge on any atom is 0.495 e. The third-order valence-corrected chi connectivity index (χ3v) is 20.8. The number of alkyl halides is 1. The molecule has 19 nitrogen and oxygen atoms in total. The molecule has 420 valence electrons. The largest absolute Gasteiger partial charge is 0.495 e. The van der Waals surface area contributed by atoms with E-state index in [1.807, 2.05) is 35.4 Å². The molecule has 10 heterocycles. The molecule has 0 spiro atoms. The summed E-state index contributed by atoms with van der Waals surface area (Å²) < 4.78 is 96.2. The van der Waals surface area contributed by atoms with Crippen LogP contribution in [0.2, 0.25) is 5.28 Å². The van der Waals surface area contributed by atoms with Crippen LogP contribution in [0.3, 0.4) is 0 Å². The first-order valence-corrected chi connectivity index (χ1v) is 32.7. The quantitative estimate of drug-likeness (QED) is 0.0814. The van der Waals surface area contributed by atoms with Crippen LogP contribution in [0.1, 0.15) is 75.9 Å². The van der Waals surface area contributed by atoms with Crippen molar-refractivity contribution >= 4 is 95.1 Å². The van der Waals surface area contributed by atoms with Gasteiger partial charge in [-0.15, -0.1) is 0 Å². The normalized spacial score (nSPS) is 23.2. The van der Waals surface area contributed by atoms with Gasteiger partial charge in [0.1, 0.15) is 34.1 Å². The van der Waals surface area contributed by atoms with Crippen LogP contribution in [0.4, 0.5) is 11.6 Å². The van der Waals surface area contributed by atoms with Crippen molar-refractivity contribution in [2.45, 2.75) is 92.6 Å². The van der Waals surface area contributed by atoms with Crippen molar-refractivity contribution in [1.29, 1.82) is 0 Å². The first-order chi connectivity index (χ1) is 37.3. The van der Waals surface area contributed by atoms with Crippen molar-refractivity contribution in [3.8, 4) is 22.9 Å². The summed E-state index contributed by atoms with van der Waals surface area (Å²) in [5.41, 5.74) is 5.87. The molecule has 7 aliphatic heterocycles. The molecule has 1 N–H and O–H groups in total. The second-order valence-corrected chi connectivity index (χ2v) is 26.6. The number of sulfone groups is 2. The molecule has 0 amide bonds. The molecule has 5 fully saturated rings. The molecule has 24 heteroatoms. The summed E-state index contributed by atoms with van der Waals surface area (Å²) in [4.78, 5) is 28.0. The summed E-state index contributed by atoms with van der Waals surface area (Å²) in [6.07, 6.45) is 11.1. The zero-order chi connectivity index (χ0) is 55.3. The molecule has 0 radical (unpaired) electrons. The SMILES string of the molecule is CC1(C)OB(c2cccc3c2C=CC3)OC1(C)C.CI.CS(=O)(=O)C1(c2nc(-c3cccc4[nH]ccc34)nc3c2OCC2COCCN32)CCOCC1.CS(=O)(=O)C1(c2nc(Cl)nc3c2OCC2COCCN32)CCOCC1. The minimum Gasteiger partial charge on any atom is -0.486 e. The number of aromatic nitrogens is 5. The molecule has 2 unspecified atom stereocenters. The van der Waals surface area contributed by atoms with Gasteiger partial charge in [-0.3, -0.25) is 0 Å². The Morgan fingerprint density at radius 1 is 0.667 bits per heavy atom. The predicted octanol–water partition coefficient (Wildman–Crippen LogP) is 6.66. The van der Waals surface area contributed by atoms with Crippen molar-refractivity contribution in [2.75, 3.05) is 106 Å². The number of rotatable bonds is 6. The Morgan fingerprint density at radius 3 is 1.77 bits per heavy atom. The maximum atomic E-state index is 13.3. The number of benzene rings is 2. The van der Waals surface area contributed by atoms with Gasteiger partial charge < -0.3 is 52.5 Å². The Kier molecular flexibility index (Phi) is 16.6. The number of halogens is 2. The van der Waals surface area contributed by atoms with Gasteiger partial charge in [-0.1, -0.05) is 65.1 Å². The third kappa shape index (κ3) is 10.5. The van der Waals surface area contributed by atoms with E-state index in [1.54, 1.807) is 0 Å². The van der Waals surface area contributed by atoms with Crippen LogP contribution in [0.25, 0.3) is 28.4 Å². The maximum absolute atomic E-state index is 13.3. The lowest BCUT2D eigenvalue weighted by atomic mass is 9.75. The van der Waals surface area contributed by atoms with Crippen molar-refractivity contribution in [2.24, 2.45) is 0 Å². The lowest BCUT2D eigenvalue weighted by Crippen LogP contribution is -2.52. The fraction of sp³-hybridized carbons (Fsp3) is 0.556. The summed E-state index contributed by atoms with van der Waals surface area (Å²) in [6.45, 7) is 14.2. The zero-order valence-electron chi connectivity index (χ0n) is 45.2. The highest BCUT2D eigenvalue weighted by Gasteiger charge is 2.54. The van der Waals surface area contributed by atoms with Crippen LogP contribution < -0.4 is 24.7 Å². The first kappa shape index (κ1) is 57.1. The number of nitrogens with zero attached hydrogens (tertiary/aromatic N) is 6. The summed E-state index contributed by atoms with van der Waals surface area (Å²) in [6, 6.07) is 14.4. The van der Waals surface area contributed by atoms with Gasteiger partial charge in [-0.25, -0.2) is 31.8 Å². The van der Waals surface area contributed by atoms with Gasteiger partial charge in [-0.05, 0) is 105 Å². The fourth-order valence-corrected chi connectivity index (χ4v) is 14.4. The van der Waals surface area contributed by atoms with Crippen LogP contribution in [-0.4, -0.2) is 169 Å². The molecule has 3 aromatic heterocycles. The summed E-state index contributed by atoms with van der Waals surface area (Å²) in [7, 11) is -7.26. The Hall–Kier alpha value is -4.18. The van der Waals surface area contributed by atoms with Crippen molar-refractivity contribution in [3.05, 3.63) is 82.5 Å². The van der Waals surface area contributed by atoms with Gasteiger partial charge in [0.2, 0.25) is 5.28 Å². The lowest BCUT2D eigenvalue weighted by Gasteiger charge is -2.43. The highest BCUT2D eigenvalue weighted by atomic mass is 127. The highest BCUT2D eigenvalue weighted by molar-refractivity contribution is 14.1. The molecule has 78 heavy (non-hydrogen) atoms. The Bertz CT molecular complexity index is 3270. The van der Waals surface area contributed by atoms with E-state index in [0.717, 1.165) is 28.4 Å². The average Bonchev–Trinajstić information content (AvgIpc) is 4.01. The second-order valence-electron chi connectivity index (χ2n) is 21.6. The van der Waals surface area contributed by atoms with E-state index in [1.165, 1.54) is 23.6 Å². The van der Waals surface area contributed by atoms with Gasteiger partial charge in [0.05, 0.1) is 49.7 Å². The number of allylic oxidation sites excluding steroid dienone is 1. The number of H-pyrrole nitrogens is 1. The third-order valence-electron chi connectivity index (χ3n) is 16.6. The standard InChI is InChI=1S/C23H26N4O5S.C15H19BO2.C15H20ClN3O5S.CH3I/c1-33(28,29)23(6-10-30-11-7-23)20-19-22(27-9-12-31-13-15(27)14-32-19)26-21(25-20)17-3-2-4-18-16(17)5-8-24-18;1-14(2)15(3,4)18-16(17-14)13-10-6-8-11-7-5-9-12(11)13;1-25(20,21)15(2-5-22-6-3-15)12-11-13(18-14(16)17-12)19-4-7-23-8-10(19)9-24-11;1-2/h2-5,8,15,24H,6-7,9-14H2,1H3;5-6,8-10H,7H2,1-4H3;10H,2-9H2,1H3;1H3. The summed E-state index contributed by atoms with van der Waals surface area (Å²) >= 11 is 8.33. The van der Waals surface area contributed by atoms with Crippen LogP contribution >= 0.6 is 34.2 Å². The monoisotopic (exact) mass is 1240 g/mol. The number of hydrogen-bond acceptors (Lipinski definition) is 18. The van der Waals surface area contributed by atoms with E-state index < -0.39 is 29.2 Å². The van der Waals surface area contributed by atoms with Gasteiger partial charge in [-0.2, -0.15) is 4.98 Å². The van der Waals surface area contributed by atoms with Gasteiger partial charge in [0, 0.05) is 74.7 Å². The molecule has 13 rings (SSSR count). The number of aromatic amines is 1. The van der Waals surface area contributed by atoms with Crippen molar-refractivity contribution in [3.63, 3.8) is 0 Å². The van der Waals surface area contributed by atoms with Crippen LogP contribution in [0.15, 0.2) is 54.7 Å². The summed E-state index contributed by atoms with van der Waals surface area (Å²) in [5, 5.41) is 1.01. The van der Waals surface area contributed by atoms with E-state index in [0.29, 0.717) is 145 Å². The lowest BCUT2D eigenvalue weighted by molar-refractivity contribution is 0.00578. The van der Waals surface area contributed by atoms with E-state index >= 15 is 0 Å². The molecule has 2 aromatic carbocycles. The number of hydrogen-bond donors (Lipinski definition) is 1. The number of morpholine rings is 2. The number of ether oxygens (including phenoxy) is 6. The zero-order valence-corrected chi connectivity index (χ0v) is 49.7. The smallest absolute Gasteiger partial charge is 0.486 e. The van der Waals surface area contributed by atoms with E-state index in [2.05, 4.69) is 105 Å². The van der Waals surface area contributed by atoms with Gasteiger partial charge in [0.15, 0.2) is 48.6 Å². The molecule has 5 saturated heterocycles. The second kappa shape index (κ2) is 22.6. The average molecular weight is 1240 g/mol. The van der Waals surface area contributed by atoms with Crippen LogP contribution in [-0.2, 0) is 63.8 Å². The molecule has 2 atom stereocenters.